The molecule has 2 atom stereocenters. The van der Waals surface area contributed by atoms with E-state index in [0.717, 1.165) is 53.8 Å². The molecule has 2 aromatic carbocycles. The van der Waals surface area contributed by atoms with Crippen LogP contribution in [0.25, 0.3) is 0 Å². The van der Waals surface area contributed by atoms with Gasteiger partial charge in [-0.05, 0) is 104 Å². The number of nitrogens with one attached hydrogen (secondary N) is 1. The lowest BCUT2D eigenvalue weighted by molar-refractivity contribution is -0.130. The Morgan fingerprint density at radius 3 is 2.36 bits per heavy atom. The summed E-state index contributed by atoms with van der Waals surface area (Å²) in [6, 6.07) is 13.1. The second-order valence-corrected chi connectivity index (χ2v) is 12.0. The first kappa shape index (κ1) is 23.6. The minimum Gasteiger partial charge on any atom is -0.380 e. The average Bonchev–Trinajstić information content (AvgIpc) is 2.86. The first-order valence-corrected chi connectivity index (χ1v) is 13.9. The van der Waals surface area contributed by atoms with Gasteiger partial charge in [-0.15, -0.1) is 6.42 Å². The summed E-state index contributed by atoms with van der Waals surface area (Å²) >= 11 is 0. The van der Waals surface area contributed by atoms with Gasteiger partial charge in [0.25, 0.3) is 5.91 Å². The van der Waals surface area contributed by atoms with Crippen molar-refractivity contribution in [2.24, 2.45) is 17.8 Å². The fourth-order valence-electron chi connectivity index (χ4n) is 8.45. The molecule has 188 valence electrons. The lowest BCUT2D eigenvalue weighted by Gasteiger charge is -2.57. The Morgan fingerprint density at radius 1 is 1.08 bits per heavy atom. The van der Waals surface area contributed by atoms with Gasteiger partial charge in [-0.2, -0.15) is 0 Å². The number of unbranched alkanes of at least 4 members (excludes halogenated alkanes) is 1. The third-order valence-electron chi connectivity index (χ3n) is 9.47. The standard InChI is InChI=1S/C32H37FN2O/c1-3-5-8-27-17-25-7-6-9-28(33)30(25)31(35(27)29(36)4-2)24-10-12-26(13-11-24)34-32-18-21-14-22(19-32)16-23(15-21)20-32/h2,6-7,9-13,21-23,27,31,34H,3,5,8,14-20H2,1H3/t21?,22?,23?,27-,31?,32?/m0/s1. The maximum Gasteiger partial charge on any atom is 0.299 e. The Balaban J connectivity index is 1.33. The van der Waals surface area contributed by atoms with Gasteiger partial charge in [0.05, 0.1) is 6.04 Å². The number of rotatable bonds is 6. The Hall–Kier alpha value is -2.80. The third-order valence-corrected chi connectivity index (χ3v) is 9.47. The number of carbonyl (C=O) groups excluding carboxylic acids is 1. The van der Waals surface area contributed by atoms with Crippen molar-refractivity contribution in [2.75, 3.05) is 5.32 Å². The molecular weight excluding hydrogens is 447 g/mol. The van der Waals surface area contributed by atoms with Gasteiger partial charge >= 0.3 is 0 Å². The molecule has 3 nitrogen and oxygen atoms in total. The normalized spacial score (nSPS) is 32.1. The molecule has 4 saturated carbocycles. The van der Waals surface area contributed by atoms with Crippen LogP contribution in [0.1, 0.15) is 87.4 Å². The van der Waals surface area contributed by atoms with Gasteiger partial charge < -0.3 is 10.2 Å². The molecule has 1 N–H and O–H groups in total. The van der Waals surface area contributed by atoms with Crippen LogP contribution in [0.15, 0.2) is 42.5 Å². The number of benzene rings is 2. The molecular formula is C32H37FN2O. The zero-order chi connectivity index (χ0) is 24.9. The summed E-state index contributed by atoms with van der Waals surface area (Å²) in [5.41, 5.74) is 3.86. The minimum atomic E-state index is -0.506. The summed E-state index contributed by atoms with van der Waals surface area (Å²) in [5.74, 6) is 4.37. The van der Waals surface area contributed by atoms with Crippen LogP contribution in [-0.4, -0.2) is 22.4 Å². The number of hydrogen-bond donors (Lipinski definition) is 1. The highest BCUT2D eigenvalue weighted by molar-refractivity contribution is 5.94. The number of halogens is 1. The van der Waals surface area contributed by atoms with Crippen molar-refractivity contribution in [1.82, 2.24) is 4.90 Å². The number of carbonyl (C=O) groups is 1. The number of amides is 1. The second-order valence-electron chi connectivity index (χ2n) is 12.0. The van der Waals surface area contributed by atoms with E-state index >= 15 is 4.39 Å². The van der Waals surface area contributed by atoms with E-state index in [2.05, 4.69) is 42.4 Å². The van der Waals surface area contributed by atoms with E-state index in [4.69, 9.17) is 6.42 Å². The van der Waals surface area contributed by atoms with Crippen molar-refractivity contribution in [1.29, 1.82) is 0 Å². The first-order valence-electron chi connectivity index (χ1n) is 13.9. The van der Waals surface area contributed by atoms with Gasteiger partial charge in [0.2, 0.25) is 0 Å². The van der Waals surface area contributed by atoms with Gasteiger partial charge in [0, 0.05) is 22.8 Å². The maximum absolute atomic E-state index is 15.3. The van der Waals surface area contributed by atoms with Crippen molar-refractivity contribution < 1.29 is 9.18 Å². The molecule has 4 fully saturated rings. The van der Waals surface area contributed by atoms with Crippen molar-refractivity contribution in [3.05, 3.63) is 65.0 Å². The number of hydrogen-bond acceptors (Lipinski definition) is 2. The van der Waals surface area contributed by atoms with Crippen molar-refractivity contribution in [3.8, 4) is 12.3 Å². The fourth-order valence-corrected chi connectivity index (χ4v) is 8.45. The monoisotopic (exact) mass is 484 g/mol. The number of anilines is 1. The minimum absolute atomic E-state index is 0.0300. The predicted molar refractivity (Wildman–Crippen MR) is 142 cm³/mol. The summed E-state index contributed by atoms with van der Waals surface area (Å²) in [4.78, 5) is 14.9. The van der Waals surface area contributed by atoms with E-state index in [9.17, 15) is 4.79 Å². The van der Waals surface area contributed by atoms with Gasteiger partial charge in [0.1, 0.15) is 5.82 Å². The van der Waals surface area contributed by atoms with E-state index in [0.29, 0.717) is 12.0 Å². The summed E-state index contributed by atoms with van der Waals surface area (Å²) in [5, 5.41) is 3.94. The quantitative estimate of drug-likeness (QED) is 0.454. The van der Waals surface area contributed by atoms with Gasteiger partial charge in [0.15, 0.2) is 0 Å². The van der Waals surface area contributed by atoms with Crippen LogP contribution in [0.4, 0.5) is 10.1 Å². The van der Waals surface area contributed by atoms with E-state index < -0.39 is 6.04 Å². The molecule has 4 bridgehead atoms. The Labute approximate surface area is 214 Å². The topological polar surface area (TPSA) is 32.3 Å². The largest absolute Gasteiger partial charge is 0.380 e. The van der Waals surface area contributed by atoms with Crippen molar-refractivity contribution in [3.63, 3.8) is 0 Å². The molecule has 0 saturated heterocycles. The molecule has 1 aliphatic heterocycles. The predicted octanol–water partition coefficient (Wildman–Crippen LogP) is 6.87. The summed E-state index contributed by atoms with van der Waals surface area (Å²) in [7, 11) is 0. The molecule has 5 aliphatic rings. The number of nitrogens with zero attached hydrogens (tertiary/aromatic N) is 1. The molecule has 4 heteroatoms. The smallest absolute Gasteiger partial charge is 0.299 e. The molecule has 1 amide bonds. The highest BCUT2D eigenvalue weighted by Gasteiger charge is 2.51. The summed E-state index contributed by atoms with van der Waals surface area (Å²) in [6.45, 7) is 2.15. The van der Waals surface area contributed by atoms with Crippen LogP contribution in [0.5, 0.6) is 0 Å². The molecule has 1 heterocycles. The highest BCUT2D eigenvalue weighted by atomic mass is 19.1. The molecule has 0 aromatic heterocycles. The molecule has 4 aliphatic carbocycles. The van der Waals surface area contributed by atoms with Crippen LogP contribution in [0.3, 0.4) is 0 Å². The van der Waals surface area contributed by atoms with Crippen LogP contribution in [0, 0.1) is 35.9 Å². The Bertz CT molecular complexity index is 1140. The zero-order valence-electron chi connectivity index (χ0n) is 21.3. The lowest BCUT2D eigenvalue weighted by atomic mass is 9.53. The molecule has 36 heavy (non-hydrogen) atoms. The average molecular weight is 485 g/mol. The maximum atomic E-state index is 15.3. The molecule has 0 radical (unpaired) electrons. The Kier molecular flexibility index (Phi) is 6.06. The van der Waals surface area contributed by atoms with Crippen molar-refractivity contribution >= 4 is 11.6 Å². The number of fused-ring (bicyclic) bond motifs is 1. The summed E-state index contributed by atoms with van der Waals surface area (Å²) in [6.07, 6.45) is 17.3. The van der Waals surface area contributed by atoms with Gasteiger partial charge in [-0.3, -0.25) is 4.79 Å². The summed E-state index contributed by atoms with van der Waals surface area (Å²) < 4.78 is 15.3. The van der Waals surface area contributed by atoms with E-state index in [-0.39, 0.29) is 23.3 Å². The second kappa shape index (κ2) is 9.25. The third kappa shape index (κ3) is 4.11. The van der Waals surface area contributed by atoms with E-state index in [1.165, 1.54) is 44.6 Å². The highest BCUT2D eigenvalue weighted by Crippen LogP contribution is 2.56. The zero-order valence-corrected chi connectivity index (χ0v) is 21.3. The van der Waals surface area contributed by atoms with E-state index in [1.807, 2.05) is 6.07 Å². The van der Waals surface area contributed by atoms with Gasteiger partial charge in [-0.1, -0.05) is 44.0 Å². The van der Waals surface area contributed by atoms with Crippen LogP contribution in [0.2, 0.25) is 0 Å². The molecule has 0 spiro atoms. The van der Waals surface area contributed by atoms with Crippen molar-refractivity contribution in [2.45, 2.75) is 88.8 Å². The number of terminal acetylenes is 1. The van der Waals surface area contributed by atoms with Crippen LogP contribution >= 0.6 is 0 Å². The van der Waals surface area contributed by atoms with E-state index in [1.54, 1.807) is 11.0 Å². The fraction of sp³-hybridized carbons (Fsp3) is 0.531. The first-order chi connectivity index (χ1) is 17.5. The molecule has 2 aromatic rings. The van der Waals surface area contributed by atoms with Crippen LogP contribution in [-0.2, 0) is 11.2 Å². The molecule has 7 rings (SSSR count). The lowest BCUT2D eigenvalue weighted by Crippen LogP contribution is -2.54. The van der Waals surface area contributed by atoms with Crippen LogP contribution < -0.4 is 5.32 Å². The SMILES string of the molecule is C#CC(=O)N1C(c2ccc(NC34CC5CC(CC(C5)C3)C4)cc2)c2c(F)cccc2C[C@@H]1CCCC. The van der Waals surface area contributed by atoms with Gasteiger partial charge in [-0.25, -0.2) is 4.39 Å². The molecule has 1 unspecified atom stereocenters. The Morgan fingerprint density at radius 2 is 1.75 bits per heavy atom.